The Balaban J connectivity index is 2.30. The molecule has 0 unspecified atom stereocenters. The van der Waals surface area contributed by atoms with E-state index < -0.39 is 52.3 Å². The summed E-state index contributed by atoms with van der Waals surface area (Å²) in [5.74, 6) is -4.21. The first-order valence-electron chi connectivity index (χ1n) is 8.53. The van der Waals surface area contributed by atoms with E-state index in [1.54, 1.807) is 0 Å². The average Bonchev–Trinajstić information content (AvgIpc) is 3.15. The van der Waals surface area contributed by atoms with Crippen LogP contribution in [0.5, 0.6) is 0 Å². The number of nitrogens with zero attached hydrogens (tertiary/aromatic N) is 1. The second kappa shape index (κ2) is 9.16. The predicted octanol–water partition coefficient (Wildman–Crippen LogP) is 2.27. The van der Waals surface area contributed by atoms with Crippen molar-refractivity contribution in [2.45, 2.75) is 45.1 Å². The first-order chi connectivity index (χ1) is 14.4. The maximum Gasteiger partial charge on any atom is 0.520 e. The number of aryl methyl sites for hydroxylation is 2. The molecule has 14 heteroatoms. The summed E-state index contributed by atoms with van der Waals surface area (Å²) in [5, 5.41) is 8.88. The molecule has 1 atom stereocenters. The summed E-state index contributed by atoms with van der Waals surface area (Å²) in [5.41, 5.74) is 0. The summed E-state index contributed by atoms with van der Waals surface area (Å²) in [7, 11) is 0.997. The number of hydrogen-bond donors (Lipinski definition) is 1. The number of methoxy groups -OCH3 is 1. The van der Waals surface area contributed by atoms with Crippen molar-refractivity contribution >= 4 is 35.0 Å². The Morgan fingerprint density at radius 1 is 1.06 bits per heavy atom. The molecule has 0 saturated carbocycles. The van der Waals surface area contributed by atoms with E-state index in [0.717, 1.165) is 7.11 Å². The van der Waals surface area contributed by atoms with Crippen molar-refractivity contribution in [3.8, 4) is 0 Å². The van der Waals surface area contributed by atoms with Crippen molar-refractivity contribution in [1.82, 2.24) is 0 Å². The summed E-state index contributed by atoms with van der Waals surface area (Å²) >= 11 is 0.442. The van der Waals surface area contributed by atoms with Crippen molar-refractivity contribution in [2.75, 3.05) is 12.0 Å². The summed E-state index contributed by atoms with van der Waals surface area (Å²) in [6, 6.07) is -1.76. The molecular formula is C17H19NO12S. The van der Waals surface area contributed by atoms with E-state index in [2.05, 4.69) is 9.15 Å². The molecule has 0 bridgehead atoms. The molecule has 2 aromatic rings. The number of aliphatic carboxylic acids is 1. The van der Waals surface area contributed by atoms with Crippen molar-refractivity contribution in [3.63, 3.8) is 0 Å². The molecule has 0 spiro atoms. The van der Waals surface area contributed by atoms with Crippen LogP contribution in [0.25, 0.3) is 0 Å². The zero-order valence-corrected chi connectivity index (χ0v) is 17.9. The maximum absolute atomic E-state index is 12.4. The summed E-state index contributed by atoms with van der Waals surface area (Å²) in [6.07, 6.45) is -1.17. The Labute approximate surface area is 177 Å². The molecular weight excluding hydrogens is 442 g/mol. The average molecular weight is 461 g/mol. The van der Waals surface area contributed by atoms with Gasteiger partial charge >= 0.3 is 29.0 Å². The van der Waals surface area contributed by atoms with Gasteiger partial charge in [0.1, 0.15) is 0 Å². The van der Waals surface area contributed by atoms with Gasteiger partial charge in [-0.15, -0.1) is 0 Å². The predicted molar refractivity (Wildman–Crippen MR) is 102 cm³/mol. The number of rotatable bonds is 7. The lowest BCUT2D eigenvalue weighted by Gasteiger charge is -2.35. The Kier molecular flexibility index (Phi) is 7.05. The molecule has 1 amide bonds. The smallest absolute Gasteiger partial charge is 0.480 e. The van der Waals surface area contributed by atoms with Crippen molar-refractivity contribution in [2.24, 2.45) is 0 Å². The topological polar surface area (TPSA) is 180 Å². The minimum atomic E-state index is -1.76. The number of carboxylic acids is 1. The van der Waals surface area contributed by atoms with Crippen LogP contribution in [0.15, 0.2) is 27.3 Å². The highest BCUT2D eigenvalue weighted by Gasteiger charge is 2.48. The SMILES string of the molecule is COC(=O)N(c1oc(=O)oc1C)[C@@H](C(=O)O)C(C)(C)SC(=O)OCc1oc(=O)oc1C. The van der Waals surface area contributed by atoms with E-state index >= 15 is 0 Å². The highest BCUT2D eigenvalue weighted by molar-refractivity contribution is 8.14. The third-order valence-corrected chi connectivity index (χ3v) is 5.00. The van der Waals surface area contributed by atoms with Gasteiger partial charge in [-0.3, -0.25) is 0 Å². The number of carbonyl (C=O) groups is 3. The van der Waals surface area contributed by atoms with Crippen molar-refractivity contribution in [3.05, 3.63) is 38.5 Å². The van der Waals surface area contributed by atoms with Gasteiger partial charge in [0.25, 0.3) is 5.88 Å². The van der Waals surface area contributed by atoms with E-state index in [1.165, 1.54) is 27.7 Å². The monoisotopic (exact) mass is 461 g/mol. The molecule has 31 heavy (non-hydrogen) atoms. The second-order valence-electron chi connectivity index (χ2n) is 6.57. The van der Waals surface area contributed by atoms with Gasteiger partial charge in [-0.05, 0) is 39.5 Å². The van der Waals surface area contributed by atoms with Crippen LogP contribution in [0, 0.1) is 13.8 Å². The van der Waals surface area contributed by atoms with Crippen LogP contribution in [0.2, 0.25) is 0 Å². The lowest BCUT2D eigenvalue weighted by Crippen LogP contribution is -2.56. The van der Waals surface area contributed by atoms with E-state index in [9.17, 15) is 29.1 Å². The first-order valence-corrected chi connectivity index (χ1v) is 9.34. The van der Waals surface area contributed by atoms with Gasteiger partial charge in [0.2, 0.25) is 0 Å². The summed E-state index contributed by atoms with van der Waals surface area (Å²) in [4.78, 5) is 59.8. The van der Waals surface area contributed by atoms with E-state index in [-0.39, 0.29) is 17.3 Å². The number of ether oxygens (including phenoxy) is 2. The molecule has 0 aromatic carbocycles. The van der Waals surface area contributed by atoms with E-state index in [4.69, 9.17) is 18.0 Å². The number of carboxylic acid groups (broad SMARTS) is 1. The number of hydrogen-bond acceptors (Lipinski definition) is 12. The standard InChI is InChI=1S/C17H19NO12S/c1-7-9(29-14(22)27-7)6-26-16(24)31-17(3,4)10(12(19)20)18(13(21)25-5)11-8(2)28-15(23)30-11/h10H,6H2,1-5H3,(H,19,20)/t10-/m0/s1. The van der Waals surface area contributed by atoms with Gasteiger partial charge in [-0.2, -0.15) is 0 Å². The summed E-state index contributed by atoms with van der Waals surface area (Å²) in [6.45, 7) is 4.98. The largest absolute Gasteiger partial charge is 0.520 e. The lowest BCUT2D eigenvalue weighted by atomic mass is 10.0. The van der Waals surface area contributed by atoms with Gasteiger partial charge in [0, 0.05) is 0 Å². The molecule has 0 fully saturated rings. The van der Waals surface area contributed by atoms with Gasteiger partial charge in [-0.1, -0.05) is 0 Å². The molecule has 170 valence electrons. The van der Waals surface area contributed by atoms with Crippen LogP contribution in [-0.2, 0) is 20.9 Å². The fourth-order valence-electron chi connectivity index (χ4n) is 2.61. The fraction of sp³-hybridized carbons (Fsp3) is 0.471. The molecule has 0 aliphatic rings. The minimum absolute atomic E-state index is 0.0153. The second-order valence-corrected chi connectivity index (χ2v) is 8.16. The molecule has 2 rings (SSSR count). The normalized spacial score (nSPS) is 12.3. The van der Waals surface area contributed by atoms with Crippen molar-refractivity contribution < 1.29 is 46.6 Å². The molecule has 0 radical (unpaired) electrons. The number of thioether (sulfide) groups is 1. The molecule has 2 heterocycles. The zero-order valence-electron chi connectivity index (χ0n) is 17.1. The molecule has 1 N–H and O–H groups in total. The van der Waals surface area contributed by atoms with E-state index in [1.807, 2.05) is 0 Å². The van der Waals surface area contributed by atoms with Crippen LogP contribution in [0.1, 0.15) is 31.1 Å². The van der Waals surface area contributed by atoms with Crippen LogP contribution >= 0.6 is 11.8 Å². The van der Waals surface area contributed by atoms with Gasteiger partial charge in [-0.25, -0.2) is 28.9 Å². The highest BCUT2D eigenvalue weighted by Crippen LogP contribution is 2.36. The third-order valence-electron chi connectivity index (χ3n) is 3.96. The van der Waals surface area contributed by atoms with Crippen LogP contribution in [-0.4, -0.2) is 40.4 Å². The number of amides is 1. The maximum atomic E-state index is 12.4. The third kappa shape index (κ3) is 5.39. The van der Waals surface area contributed by atoms with Crippen LogP contribution in [0.4, 0.5) is 15.5 Å². The van der Waals surface area contributed by atoms with Crippen LogP contribution < -0.4 is 16.5 Å². The fourth-order valence-corrected chi connectivity index (χ4v) is 3.48. The molecule has 0 aliphatic heterocycles. The summed E-state index contributed by atoms with van der Waals surface area (Å²) < 4.78 is 27.0. The van der Waals surface area contributed by atoms with E-state index in [0.29, 0.717) is 16.7 Å². The molecule has 13 nitrogen and oxygen atoms in total. The Hall–Kier alpha value is -3.42. The Morgan fingerprint density at radius 3 is 2.10 bits per heavy atom. The van der Waals surface area contributed by atoms with Gasteiger partial charge < -0.3 is 32.2 Å². The highest BCUT2D eigenvalue weighted by atomic mass is 32.2. The minimum Gasteiger partial charge on any atom is -0.480 e. The van der Waals surface area contributed by atoms with Crippen molar-refractivity contribution in [1.29, 1.82) is 0 Å². The quantitative estimate of drug-likeness (QED) is 0.594. The molecule has 0 aliphatic carbocycles. The number of anilines is 1. The lowest BCUT2D eigenvalue weighted by molar-refractivity contribution is -0.139. The van der Waals surface area contributed by atoms with Crippen LogP contribution in [0.3, 0.4) is 0 Å². The molecule has 2 aromatic heterocycles. The number of carbonyl (C=O) groups excluding carboxylic acids is 2. The first kappa shape index (κ1) is 23.9. The Morgan fingerprint density at radius 2 is 1.65 bits per heavy atom. The Bertz CT molecular complexity index is 1090. The van der Waals surface area contributed by atoms with Gasteiger partial charge in [0.05, 0.1) is 11.9 Å². The molecule has 0 saturated heterocycles. The zero-order chi connectivity index (χ0) is 23.5. The van der Waals surface area contributed by atoms with Gasteiger partial charge in [0.15, 0.2) is 29.9 Å².